The molecule has 7 nitrogen and oxygen atoms in total. The highest BCUT2D eigenvalue weighted by Crippen LogP contribution is 2.55. The molecule has 1 saturated heterocycles. The van der Waals surface area contributed by atoms with Gasteiger partial charge in [0.05, 0.1) is 6.04 Å². The SMILES string of the molecule is CC(C)C(=O)N1CCC(NC(C)C(=O)NC(=O)NC23CC4CC(CC(C4)C2)C3)CC1. The normalized spacial score (nSPS) is 34.1. The van der Waals surface area contributed by atoms with Crippen LogP contribution in [0.5, 0.6) is 0 Å². The maximum Gasteiger partial charge on any atom is 0.321 e. The Hall–Kier alpha value is -1.63. The summed E-state index contributed by atoms with van der Waals surface area (Å²) in [6.07, 6.45) is 8.84. The molecule has 1 heterocycles. The van der Waals surface area contributed by atoms with Crippen molar-refractivity contribution in [2.45, 2.75) is 89.8 Å². The first kappa shape index (κ1) is 21.6. The maximum absolute atomic E-state index is 12.6. The first-order valence-corrected chi connectivity index (χ1v) is 11.9. The van der Waals surface area contributed by atoms with E-state index < -0.39 is 6.04 Å². The van der Waals surface area contributed by atoms with Crippen molar-refractivity contribution in [1.29, 1.82) is 0 Å². The van der Waals surface area contributed by atoms with Crippen molar-refractivity contribution >= 4 is 17.8 Å². The number of urea groups is 1. The van der Waals surface area contributed by atoms with Crippen LogP contribution in [0.25, 0.3) is 0 Å². The van der Waals surface area contributed by atoms with E-state index in [1.807, 2.05) is 18.7 Å². The van der Waals surface area contributed by atoms with Crippen LogP contribution in [0.15, 0.2) is 0 Å². The molecule has 0 aromatic carbocycles. The Morgan fingerprint density at radius 2 is 1.43 bits per heavy atom. The quantitative estimate of drug-likeness (QED) is 0.639. The molecule has 4 saturated carbocycles. The number of amides is 4. The first-order chi connectivity index (χ1) is 14.2. The maximum atomic E-state index is 12.6. The predicted molar refractivity (Wildman–Crippen MR) is 115 cm³/mol. The van der Waals surface area contributed by atoms with Crippen LogP contribution in [0.4, 0.5) is 4.79 Å². The molecule has 1 unspecified atom stereocenters. The van der Waals surface area contributed by atoms with Gasteiger partial charge in [0, 0.05) is 30.6 Å². The highest BCUT2D eigenvalue weighted by atomic mass is 16.2. The zero-order chi connectivity index (χ0) is 21.5. The fourth-order valence-corrected chi connectivity index (χ4v) is 6.82. The van der Waals surface area contributed by atoms with Gasteiger partial charge >= 0.3 is 6.03 Å². The summed E-state index contributed by atoms with van der Waals surface area (Å²) in [7, 11) is 0. The molecule has 4 bridgehead atoms. The molecule has 5 fully saturated rings. The lowest BCUT2D eigenvalue weighted by Gasteiger charge is -2.56. The van der Waals surface area contributed by atoms with Crippen LogP contribution >= 0.6 is 0 Å². The third kappa shape index (κ3) is 4.66. The van der Waals surface area contributed by atoms with Gasteiger partial charge in [-0.1, -0.05) is 13.8 Å². The highest BCUT2D eigenvalue weighted by molar-refractivity contribution is 5.97. The zero-order valence-electron chi connectivity index (χ0n) is 18.7. The number of hydrogen-bond acceptors (Lipinski definition) is 4. The second-order valence-corrected chi connectivity index (χ2v) is 10.8. The molecule has 0 radical (unpaired) electrons. The van der Waals surface area contributed by atoms with Crippen molar-refractivity contribution in [3.8, 4) is 0 Å². The molecular formula is C23H38N4O3. The zero-order valence-corrected chi connectivity index (χ0v) is 18.7. The van der Waals surface area contributed by atoms with Gasteiger partial charge in [0.25, 0.3) is 0 Å². The average molecular weight is 419 g/mol. The Kier molecular flexibility index (Phi) is 6.11. The monoisotopic (exact) mass is 418 g/mol. The Morgan fingerprint density at radius 1 is 0.900 bits per heavy atom. The van der Waals surface area contributed by atoms with Crippen molar-refractivity contribution in [3.05, 3.63) is 0 Å². The van der Waals surface area contributed by atoms with E-state index in [9.17, 15) is 14.4 Å². The van der Waals surface area contributed by atoms with E-state index in [1.165, 1.54) is 19.3 Å². The summed E-state index contributed by atoms with van der Waals surface area (Å²) < 4.78 is 0. The summed E-state index contributed by atoms with van der Waals surface area (Å²) in [5, 5.41) is 9.11. The molecule has 0 aromatic rings. The lowest BCUT2D eigenvalue weighted by molar-refractivity contribution is -0.135. The minimum absolute atomic E-state index is 0.0201. The molecule has 168 valence electrons. The van der Waals surface area contributed by atoms with Crippen LogP contribution in [0, 0.1) is 23.7 Å². The topological polar surface area (TPSA) is 90.5 Å². The van der Waals surface area contributed by atoms with Gasteiger partial charge in [-0.25, -0.2) is 4.79 Å². The molecule has 30 heavy (non-hydrogen) atoms. The molecule has 5 aliphatic rings. The smallest absolute Gasteiger partial charge is 0.321 e. The van der Waals surface area contributed by atoms with Gasteiger partial charge in [-0.15, -0.1) is 0 Å². The Labute approximate surface area is 180 Å². The van der Waals surface area contributed by atoms with Crippen LogP contribution in [-0.2, 0) is 9.59 Å². The Morgan fingerprint density at radius 3 is 1.93 bits per heavy atom. The third-order valence-electron chi connectivity index (χ3n) is 7.83. The molecule has 5 rings (SSSR count). The van der Waals surface area contributed by atoms with Crippen molar-refractivity contribution in [1.82, 2.24) is 20.9 Å². The summed E-state index contributed by atoms with van der Waals surface area (Å²) in [6.45, 7) is 7.09. The van der Waals surface area contributed by atoms with Crippen molar-refractivity contribution in [3.63, 3.8) is 0 Å². The standard InChI is InChI=1S/C23H38N4O3/c1-14(2)21(29)27-6-4-19(5-7-27)24-15(3)20(28)25-22(30)26-23-11-16-8-17(12-23)10-18(9-16)13-23/h14-19,24H,4-13H2,1-3H3,(H2,25,26,28,30). The van der Waals surface area contributed by atoms with Gasteiger partial charge in [-0.3, -0.25) is 14.9 Å². The van der Waals surface area contributed by atoms with E-state index in [0.29, 0.717) is 0 Å². The summed E-state index contributed by atoms with van der Waals surface area (Å²) in [5.74, 6) is 2.19. The van der Waals surface area contributed by atoms with Gasteiger partial charge in [0.15, 0.2) is 0 Å². The number of nitrogens with zero attached hydrogens (tertiary/aromatic N) is 1. The van der Waals surface area contributed by atoms with Crippen LogP contribution in [0.1, 0.15) is 72.1 Å². The average Bonchev–Trinajstić information content (AvgIpc) is 2.66. The number of carbonyl (C=O) groups excluding carboxylic acids is 3. The number of hydrogen-bond donors (Lipinski definition) is 3. The number of imide groups is 1. The molecule has 3 N–H and O–H groups in total. The van der Waals surface area contributed by atoms with Crippen molar-refractivity contribution in [2.75, 3.05) is 13.1 Å². The lowest BCUT2D eigenvalue weighted by Crippen LogP contribution is -2.62. The number of nitrogens with one attached hydrogen (secondary N) is 3. The van der Waals surface area contributed by atoms with Gasteiger partial charge in [0.2, 0.25) is 11.8 Å². The van der Waals surface area contributed by atoms with Gasteiger partial charge in [-0.05, 0) is 76.0 Å². The number of piperidine rings is 1. The Balaban J connectivity index is 1.21. The fraction of sp³-hybridized carbons (Fsp3) is 0.870. The van der Waals surface area contributed by atoms with E-state index in [1.54, 1.807) is 6.92 Å². The van der Waals surface area contributed by atoms with Crippen LogP contribution < -0.4 is 16.0 Å². The lowest BCUT2D eigenvalue weighted by atomic mass is 9.53. The summed E-state index contributed by atoms with van der Waals surface area (Å²) >= 11 is 0. The minimum atomic E-state index is -0.440. The van der Waals surface area contributed by atoms with E-state index in [4.69, 9.17) is 0 Å². The molecule has 4 amide bonds. The highest BCUT2D eigenvalue weighted by Gasteiger charge is 2.51. The van der Waals surface area contributed by atoms with Gasteiger partial charge in [0.1, 0.15) is 0 Å². The second kappa shape index (κ2) is 8.48. The first-order valence-electron chi connectivity index (χ1n) is 11.9. The fourth-order valence-electron chi connectivity index (χ4n) is 6.82. The minimum Gasteiger partial charge on any atom is -0.342 e. The summed E-state index contributed by atoms with van der Waals surface area (Å²) in [5.41, 5.74) is -0.0917. The summed E-state index contributed by atoms with van der Waals surface area (Å²) in [4.78, 5) is 39.2. The number of carbonyl (C=O) groups is 3. The molecular weight excluding hydrogens is 380 g/mol. The predicted octanol–water partition coefficient (Wildman–Crippen LogP) is 2.41. The third-order valence-corrected chi connectivity index (χ3v) is 7.83. The summed E-state index contributed by atoms with van der Waals surface area (Å²) in [6, 6.07) is -0.592. The second-order valence-electron chi connectivity index (χ2n) is 10.8. The number of rotatable bonds is 5. The largest absolute Gasteiger partial charge is 0.342 e. The Bertz CT molecular complexity index is 649. The van der Waals surface area contributed by atoms with E-state index in [2.05, 4.69) is 16.0 Å². The van der Waals surface area contributed by atoms with Crippen molar-refractivity contribution < 1.29 is 14.4 Å². The molecule has 0 aromatic heterocycles. The van der Waals surface area contributed by atoms with E-state index in [0.717, 1.165) is 62.9 Å². The van der Waals surface area contributed by atoms with Gasteiger partial charge in [-0.2, -0.15) is 0 Å². The van der Waals surface area contributed by atoms with Gasteiger partial charge < -0.3 is 15.5 Å². The molecule has 7 heteroatoms. The molecule has 0 spiro atoms. The van der Waals surface area contributed by atoms with Crippen LogP contribution in [-0.4, -0.2) is 53.5 Å². The van der Waals surface area contributed by atoms with Crippen LogP contribution in [0.3, 0.4) is 0 Å². The van der Waals surface area contributed by atoms with E-state index >= 15 is 0 Å². The molecule has 1 aliphatic heterocycles. The van der Waals surface area contributed by atoms with E-state index in [-0.39, 0.29) is 35.3 Å². The van der Waals surface area contributed by atoms with Crippen LogP contribution in [0.2, 0.25) is 0 Å². The van der Waals surface area contributed by atoms with Crippen molar-refractivity contribution in [2.24, 2.45) is 23.7 Å². The molecule has 1 atom stereocenters. The number of likely N-dealkylation sites (tertiary alicyclic amines) is 1. The molecule has 4 aliphatic carbocycles.